The smallest absolute Gasteiger partial charge is 0.319 e. The molecule has 17 heavy (non-hydrogen) atoms. The fraction of sp³-hybridized carbons (Fsp3) is 0.500. The number of aromatic nitrogens is 2. The summed E-state index contributed by atoms with van der Waals surface area (Å²) in [4.78, 5) is 22.9. The average Bonchev–Trinajstić information content (AvgIpc) is 2.64. The molecule has 0 aliphatic rings. The summed E-state index contributed by atoms with van der Waals surface area (Å²) >= 11 is 0. The Labute approximate surface area is 97.1 Å². The molecule has 9 nitrogen and oxygen atoms in total. The van der Waals surface area contributed by atoms with E-state index in [1.807, 2.05) is 0 Å². The molecular weight excluding hydrogens is 228 g/mol. The Morgan fingerprint density at radius 2 is 1.88 bits per heavy atom. The van der Waals surface area contributed by atoms with Gasteiger partial charge in [0.25, 0.3) is 0 Å². The Morgan fingerprint density at radius 3 is 2.35 bits per heavy atom. The molecule has 0 radical (unpaired) electrons. The Balaban J connectivity index is 2.79. The van der Waals surface area contributed by atoms with Crippen LogP contribution >= 0.6 is 0 Å². The van der Waals surface area contributed by atoms with Gasteiger partial charge in [-0.1, -0.05) is 5.10 Å². The minimum atomic E-state index is -0.625. The third kappa shape index (κ3) is 4.07. The molecule has 0 saturated carbocycles. The lowest BCUT2D eigenvalue weighted by Gasteiger charge is -2.15. The zero-order chi connectivity index (χ0) is 12.8. The predicted octanol–water partition coefficient (Wildman–Crippen LogP) is -2.43. The van der Waals surface area contributed by atoms with Crippen LogP contribution < -0.4 is 21.7 Å². The van der Waals surface area contributed by atoms with E-state index in [9.17, 15) is 9.59 Å². The van der Waals surface area contributed by atoms with Gasteiger partial charge < -0.3 is 26.1 Å². The number of nitrogens with zero attached hydrogens (tertiary/aromatic N) is 3. The second kappa shape index (κ2) is 5.80. The van der Waals surface area contributed by atoms with Crippen molar-refractivity contribution in [3.63, 3.8) is 0 Å². The lowest BCUT2D eigenvalue weighted by Crippen LogP contribution is -2.39. The minimum Gasteiger partial charge on any atom is -0.407 e. The number of rotatable bonds is 7. The Morgan fingerprint density at radius 1 is 1.29 bits per heavy atom. The van der Waals surface area contributed by atoms with Crippen LogP contribution in [0.1, 0.15) is 5.89 Å². The van der Waals surface area contributed by atoms with Crippen LogP contribution in [0.4, 0.5) is 6.01 Å². The van der Waals surface area contributed by atoms with E-state index in [-0.39, 0.29) is 19.1 Å². The van der Waals surface area contributed by atoms with E-state index in [1.54, 1.807) is 7.05 Å². The first-order chi connectivity index (χ1) is 8.02. The van der Waals surface area contributed by atoms with Crippen molar-refractivity contribution in [1.82, 2.24) is 15.5 Å². The number of anilines is 1. The van der Waals surface area contributed by atoms with Crippen LogP contribution in [0.3, 0.4) is 0 Å². The molecule has 1 aromatic rings. The van der Waals surface area contributed by atoms with Gasteiger partial charge in [0, 0.05) is 0 Å². The van der Waals surface area contributed by atoms with E-state index < -0.39 is 11.8 Å². The number of nitrogens with one attached hydrogen (secondary N) is 1. The van der Waals surface area contributed by atoms with E-state index in [4.69, 9.17) is 15.9 Å². The van der Waals surface area contributed by atoms with Crippen molar-refractivity contribution in [3.8, 4) is 0 Å². The third-order valence-electron chi connectivity index (χ3n) is 1.75. The topological polar surface area (TPSA) is 140 Å². The van der Waals surface area contributed by atoms with Gasteiger partial charge in [-0.25, -0.2) is 0 Å². The van der Waals surface area contributed by atoms with Crippen molar-refractivity contribution < 1.29 is 14.0 Å². The van der Waals surface area contributed by atoms with Gasteiger partial charge in [-0.05, 0) is 7.05 Å². The SMILES string of the molecule is CNCc1nnc(N(CC(N)=O)CC(N)=O)o1. The molecule has 0 saturated heterocycles. The molecular formula is C8H14N6O3. The highest BCUT2D eigenvalue weighted by Gasteiger charge is 2.18. The largest absolute Gasteiger partial charge is 0.407 e. The quantitative estimate of drug-likeness (QED) is 0.482. The van der Waals surface area contributed by atoms with Crippen molar-refractivity contribution in [3.05, 3.63) is 5.89 Å². The second-order valence-electron chi connectivity index (χ2n) is 3.30. The Bertz CT molecular complexity index is 388. The van der Waals surface area contributed by atoms with Crippen molar-refractivity contribution in [1.29, 1.82) is 0 Å². The molecule has 94 valence electrons. The minimum absolute atomic E-state index is 0.0350. The summed E-state index contributed by atoms with van der Waals surface area (Å²) < 4.78 is 5.21. The number of nitrogens with two attached hydrogens (primary N) is 2. The lowest BCUT2D eigenvalue weighted by molar-refractivity contribution is -0.117. The Hall–Kier alpha value is -2.16. The first kappa shape index (κ1) is 12.9. The van der Waals surface area contributed by atoms with Crippen LogP contribution in [0.2, 0.25) is 0 Å². The summed E-state index contributed by atoms with van der Waals surface area (Å²) in [6.07, 6.45) is 0. The summed E-state index contributed by atoms with van der Waals surface area (Å²) in [5.74, 6) is -0.916. The zero-order valence-electron chi connectivity index (χ0n) is 9.34. The lowest BCUT2D eigenvalue weighted by atomic mass is 10.4. The highest BCUT2D eigenvalue weighted by molar-refractivity contribution is 5.83. The maximum Gasteiger partial charge on any atom is 0.319 e. The number of hydrogen-bond acceptors (Lipinski definition) is 7. The summed E-state index contributed by atoms with van der Waals surface area (Å²) in [5.41, 5.74) is 10.1. The molecule has 1 heterocycles. The van der Waals surface area contributed by atoms with Crippen molar-refractivity contribution in [2.24, 2.45) is 11.5 Å². The van der Waals surface area contributed by atoms with Crippen molar-refractivity contribution in [2.75, 3.05) is 25.0 Å². The maximum absolute atomic E-state index is 10.8. The maximum atomic E-state index is 10.8. The average molecular weight is 242 g/mol. The molecule has 0 aliphatic heterocycles. The van der Waals surface area contributed by atoms with E-state index in [0.717, 1.165) is 0 Å². The fourth-order valence-electron chi connectivity index (χ4n) is 1.16. The third-order valence-corrected chi connectivity index (χ3v) is 1.75. The fourth-order valence-corrected chi connectivity index (χ4v) is 1.16. The van der Waals surface area contributed by atoms with Crippen LogP contribution in [0.15, 0.2) is 4.42 Å². The highest BCUT2D eigenvalue weighted by Crippen LogP contribution is 2.11. The van der Waals surface area contributed by atoms with Crippen LogP contribution in [0.5, 0.6) is 0 Å². The summed E-state index contributed by atoms with van der Waals surface area (Å²) in [6, 6.07) is 0.0350. The normalized spacial score (nSPS) is 10.2. The molecule has 2 amide bonds. The second-order valence-corrected chi connectivity index (χ2v) is 3.30. The van der Waals surface area contributed by atoms with Gasteiger partial charge in [-0.2, -0.15) is 0 Å². The number of carbonyl (C=O) groups is 2. The van der Waals surface area contributed by atoms with Gasteiger partial charge in [0.05, 0.1) is 6.54 Å². The highest BCUT2D eigenvalue weighted by atomic mass is 16.4. The Kier molecular flexibility index (Phi) is 4.40. The zero-order valence-corrected chi connectivity index (χ0v) is 9.34. The van der Waals surface area contributed by atoms with Crippen LogP contribution in [0.25, 0.3) is 0 Å². The molecule has 0 aliphatic carbocycles. The van der Waals surface area contributed by atoms with E-state index in [2.05, 4.69) is 15.5 Å². The summed E-state index contributed by atoms with van der Waals surface area (Å²) in [7, 11) is 1.72. The van der Waals surface area contributed by atoms with Gasteiger partial charge in [-0.3, -0.25) is 9.59 Å². The van der Waals surface area contributed by atoms with Crippen LogP contribution in [-0.2, 0) is 16.1 Å². The number of primary amides is 2. The van der Waals surface area contributed by atoms with Gasteiger partial charge in [0.15, 0.2) is 0 Å². The molecule has 1 rings (SSSR count). The summed E-state index contributed by atoms with van der Waals surface area (Å²) in [5, 5.41) is 10.2. The van der Waals surface area contributed by atoms with Gasteiger partial charge in [0.2, 0.25) is 17.7 Å². The number of hydrogen-bond donors (Lipinski definition) is 3. The van der Waals surface area contributed by atoms with E-state index in [0.29, 0.717) is 12.4 Å². The van der Waals surface area contributed by atoms with Crippen molar-refractivity contribution >= 4 is 17.8 Å². The monoisotopic (exact) mass is 242 g/mol. The standard InChI is InChI=1S/C8H14N6O3/c1-11-2-7-12-13-8(17-7)14(3-5(9)15)4-6(10)16/h11H,2-4H2,1H3,(H2,9,15)(H2,10,16). The van der Waals surface area contributed by atoms with Crippen LogP contribution in [0, 0.1) is 0 Å². The first-order valence-corrected chi connectivity index (χ1v) is 4.81. The first-order valence-electron chi connectivity index (χ1n) is 4.81. The molecule has 0 spiro atoms. The van der Waals surface area contributed by atoms with Crippen LogP contribution in [-0.4, -0.2) is 42.1 Å². The molecule has 5 N–H and O–H groups in total. The summed E-state index contributed by atoms with van der Waals surface area (Å²) in [6.45, 7) is -0.0533. The van der Waals surface area contributed by atoms with Gasteiger partial charge in [0.1, 0.15) is 13.1 Å². The van der Waals surface area contributed by atoms with Gasteiger partial charge >= 0.3 is 6.01 Å². The number of amides is 2. The molecule has 0 unspecified atom stereocenters. The number of carbonyl (C=O) groups excluding carboxylic acids is 2. The molecule has 0 atom stereocenters. The predicted molar refractivity (Wildman–Crippen MR) is 57.7 cm³/mol. The molecule has 0 aromatic carbocycles. The molecule has 1 aromatic heterocycles. The van der Waals surface area contributed by atoms with Crippen molar-refractivity contribution in [2.45, 2.75) is 6.54 Å². The van der Waals surface area contributed by atoms with E-state index >= 15 is 0 Å². The molecule has 0 bridgehead atoms. The molecule has 9 heteroatoms. The molecule has 0 fully saturated rings. The van der Waals surface area contributed by atoms with E-state index in [1.165, 1.54) is 4.90 Å². The van der Waals surface area contributed by atoms with Gasteiger partial charge in [-0.15, -0.1) is 5.10 Å².